The average Bonchev–Trinajstić information content (AvgIpc) is 3.07. The maximum atomic E-state index is 12.0. The first-order valence-corrected chi connectivity index (χ1v) is 8.14. The van der Waals surface area contributed by atoms with Crippen molar-refractivity contribution in [1.82, 2.24) is 20.0 Å². The van der Waals surface area contributed by atoms with Gasteiger partial charge in [0.25, 0.3) is 0 Å². The summed E-state index contributed by atoms with van der Waals surface area (Å²) in [6.07, 6.45) is 3.10. The van der Waals surface area contributed by atoms with Crippen molar-refractivity contribution in [1.29, 1.82) is 0 Å². The van der Waals surface area contributed by atoms with Crippen LogP contribution in [-0.4, -0.2) is 32.6 Å². The summed E-state index contributed by atoms with van der Waals surface area (Å²) in [6.45, 7) is 4.80. The minimum absolute atomic E-state index is 0.349. The second kappa shape index (κ2) is 5.93. The molecule has 2 heterocycles. The smallest absolute Gasteiger partial charge is 0.360 e. The quantitative estimate of drug-likeness (QED) is 0.766. The highest BCUT2D eigenvalue weighted by Crippen LogP contribution is 2.41. The number of carbonyl (C=O) groups is 1. The molecular weight excluding hydrogens is 288 g/mol. The summed E-state index contributed by atoms with van der Waals surface area (Å²) in [4.78, 5) is 16.5. The van der Waals surface area contributed by atoms with Crippen LogP contribution in [-0.2, 0) is 17.7 Å². The molecule has 112 valence electrons. The number of aromatic nitrogens is 4. The Bertz CT molecular complexity index is 645. The van der Waals surface area contributed by atoms with Crippen LogP contribution in [0.2, 0.25) is 0 Å². The first-order valence-electron chi connectivity index (χ1n) is 7.26. The molecule has 0 aliphatic heterocycles. The molecule has 2 aromatic rings. The topological polar surface area (TPSA) is 69.9 Å². The average molecular weight is 306 g/mol. The highest BCUT2D eigenvalue weighted by Gasteiger charge is 2.34. The zero-order chi connectivity index (χ0) is 14.8. The Kier molecular flexibility index (Phi) is 4.01. The summed E-state index contributed by atoms with van der Waals surface area (Å²) in [5, 5.41) is 11.3. The van der Waals surface area contributed by atoms with E-state index in [1.807, 2.05) is 5.38 Å². The van der Waals surface area contributed by atoms with Gasteiger partial charge < -0.3 is 4.74 Å². The standard InChI is InChI=1S/C14H18N4O2S/c1-3-11-15-10(8-21-11)7-18-13(9-5-6-9)12(16-17-18)14(19)20-4-2/h8-9H,3-7H2,1-2H3. The number of carbonyl (C=O) groups excluding carboxylic acids is 1. The number of rotatable bonds is 6. The third-order valence-electron chi connectivity index (χ3n) is 3.42. The van der Waals surface area contributed by atoms with Gasteiger partial charge in [0.15, 0.2) is 5.69 Å². The van der Waals surface area contributed by atoms with Crippen molar-refractivity contribution in [2.75, 3.05) is 6.61 Å². The molecule has 0 saturated heterocycles. The minimum atomic E-state index is -0.377. The molecular formula is C14H18N4O2S. The van der Waals surface area contributed by atoms with Crippen LogP contribution in [0, 0.1) is 0 Å². The van der Waals surface area contributed by atoms with Gasteiger partial charge >= 0.3 is 5.97 Å². The van der Waals surface area contributed by atoms with E-state index >= 15 is 0 Å². The van der Waals surface area contributed by atoms with Crippen LogP contribution in [0.4, 0.5) is 0 Å². The minimum Gasteiger partial charge on any atom is -0.461 e. The van der Waals surface area contributed by atoms with Crippen molar-refractivity contribution in [3.63, 3.8) is 0 Å². The third kappa shape index (κ3) is 2.97. The SMILES string of the molecule is CCOC(=O)c1nnn(Cc2csc(CC)n2)c1C1CC1. The summed E-state index contributed by atoms with van der Waals surface area (Å²) in [7, 11) is 0. The first-order chi connectivity index (χ1) is 10.2. The van der Waals surface area contributed by atoms with Gasteiger partial charge in [-0.1, -0.05) is 12.1 Å². The Morgan fingerprint density at radius 2 is 2.29 bits per heavy atom. The maximum Gasteiger partial charge on any atom is 0.360 e. The summed E-state index contributed by atoms with van der Waals surface area (Å²) >= 11 is 1.66. The largest absolute Gasteiger partial charge is 0.461 e. The fraction of sp³-hybridized carbons (Fsp3) is 0.571. The molecule has 0 unspecified atom stereocenters. The fourth-order valence-corrected chi connectivity index (χ4v) is 3.02. The molecule has 6 nitrogen and oxygen atoms in total. The van der Waals surface area contributed by atoms with Crippen LogP contribution in [0.1, 0.15) is 59.5 Å². The molecule has 0 N–H and O–H groups in total. The molecule has 0 spiro atoms. The van der Waals surface area contributed by atoms with E-state index in [-0.39, 0.29) is 5.97 Å². The lowest BCUT2D eigenvalue weighted by atomic mass is 10.2. The monoisotopic (exact) mass is 306 g/mol. The van der Waals surface area contributed by atoms with Crippen LogP contribution >= 0.6 is 11.3 Å². The lowest BCUT2D eigenvalue weighted by Gasteiger charge is -2.05. The van der Waals surface area contributed by atoms with E-state index in [1.54, 1.807) is 22.9 Å². The number of nitrogens with zero attached hydrogens (tertiary/aromatic N) is 4. The molecule has 3 rings (SSSR count). The van der Waals surface area contributed by atoms with Crippen LogP contribution in [0.5, 0.6) is 0 Å². The van der Waals surface area contributed by atoms with Gasteiger partial charge in [0.05, 0.1) is 29.5 Å². The summed E-state index contributed by atoms with van der Waals surface area (Å²) < 4.78 is 6.87. The highest BCUT2D eigenvalue weighted by atomic mass is 32.1. The van der Waals surface area contributed by atoms with E-state index < -0.39 is 0 Å². The molecule has 0 atom stereocenters. The molecule has 0 aromatic carbocycles. The number of ether oxygens (including phenoxy) is 1. The zero-order valence-electron chi connectivity index (χ0n) is 12.2. The molecule has 1 saturated carbocycles. The Balaban J connectivity index is 1.86. The van der Waals surface area contributed by atoms with E-state index in [2.05, 4.69) is 22.2 Å². The Morgan fingerprint density at radius 1 is 1.48 bits per heavy atom. The van der Waals surface area contributed by atoms with Crippen LogP contribution in [0.3, 0.4) is 0 Å². The second-order valence-corrected chi connectivity index (χ2v) is 6.00. The van der Waals surface area contributed by atoms with Crippen LogP contribution in [0.25, 0.3) is 0 Å². The molecule has 2 aromatic heterocycles. The van der Waals surface area contributed by atoms with E-state index in [0.717, 1.165) is 35.7 Å². The van der Waals surface area contributed by atoms with Gasteiger partial charge in [-0.2, -0.15) is 0 Å². The van der Waals surface area contributed by atoms with E-state index in [1.165, 1.54) is 0 Å². The number of esters is 1. The van der Waals surface area contributed by atoms with Crippen molar-refractivity contribution in [3.8, 4) is 0 Å². The van der Waals surface area contributed by atoms with Crippen LogP contribution in [0.15, 0.2) is 5.38 Å². The number of hydrogen-bond acceptors (Lipinski definition) is 6. The van der Waals surface area contributed by atoms with Gasteiger partial charge in [-0.15, -0.1) is 16.4 Å². The number of thiazole rings is 1. The lowest BCUT2D eigenvalue weighted by Crippen LogP contribution is -2.11. The predicted molar refractivity (Wildman–Crippen MR) is 78.5 cm³/mol. The number of hydrogen-bond donors (Lipinski definition) is 0. The number of aryl methyl sites for hydroxylation is 1. The van der Waals surface area contributed by atoms with Gasteiger partial charge in [-0.05, 0) is 26.2 Å². The van der Waals surface area contributed by atoms with E-state index in [9.17, 15) is 4.79 Å². The summed E-state index contributed by atoms with van der Waals surface area (Å²) in [5.74, 6) is 0.00172. The molecule has 0 bridgehead atoms. The normalized spacial score (nSPS) is 14.4. The Labute approximate surface area is 127 Å². The van der Waals surface area contributed by atoms with Crippen LogP contribution < -0.4 is 0 Å². The molecule has 0 amide bonds. The first kappa shape index (κ1) is 14.2. The van der Waals surface area contributed by atoms with Gasteiger partial charge in [0.1, 0.15) is 0 Å². The maximum absolute atomic E-state index is 12.0. The third-order valence-corrected chi connectivity index (χ3v) is 4.46. The van der Waals surface area contributed by atoms with Gasteiger partial charge in [0, 0.05) is 11.3 Å². The second-order valence-electron chi connectivity index (χ2n) is 5.06. The van der Waals surface area contributed by atoms with Crippen molar-refractivity contribution >= 4 is 17.3 Å². The van der Waals surface area contributed by atoms with Crippen molar-refractivity contribution in [3.05, 3.63) is 27.5 Å². The van der Waals surface area contributed by atoms with Gasteiger partial charge in [0.2, 0.25) is 0 Å². The predicted octanol–water partition coefficient (Wildman–Crippen LogP) is 2.40. The van der Waals surface area contributed by atoms with Crippen molar-refractivity contribution in [2.24, 2.45) is 0 Å². The van der Waals surface area contributed by atoms with Crippen molar-refractivity contribution < 1.29 is 9.53 Å². The Morgan fingerprint density at radius 3 is 2.90 bits per heavy atom. The van der Waals surface area contributed by atoms with E-state index in [0.29, 0.717) is 24.8 Å². The summed E-state index contributed by atoms with van der Waals surface area (Å²) in [6, 6.07) is 0. The van der Waals surface area contributed by atoms with E-state index in [4.69, 9.17) is 4.74 Å². The molecule has 0 radical (unpaired) electrons. The Hall–Kier alpha value is -1.76. The van der Waals surface area contributed by atoms with Crippen molar-refractivity contribution in [2.45, 2.75) is 45.6 Å². The molecule has 1 aliphatic carbocycles. The fourth-order valence-electron chi connectivity index (χ4n) is 2.28. The molecule has 21 heavy (non-hydrogen) atoms. The highest BCUT2D eigenvalue weighted by molar-refractivity contribution is 7.09. The molecule has 1 fully saturated rings. The lowest BCUT2D eigenvalue weighted by molar-refractivity contribution is 0.0518. The van der Waals surface area contributed by atoms with Gasteiger partial charge in [-0.25, -0.2) is 14.5 Å². The summed E-state index contributed by atoms with van der Waals surface area (Å²) in [5.41, 5.74) is 2.24. The van der Waals surface area contributed by atoms with Gasteiger partial charge in [-0.3, -0.25) is 0 Å². The zero-order valence-corrected chi connectivity index (χ0v) is 13.0. The molecule has 1 aliphatic rings. The molecule has 7 heteroatoms.